The highest BCUT2D eigenvalue weighted by Gasteiger charge is 2.36. The third-order valence-corrected chi connectivity index (χ3v) is 5.13. The molecule has 0 bridgehead atoms. The SMILES string of the molecule is CCNCC1CCCC1C1CCCc2cccnc21. The lowest BCUT2D eigenvalue weighted by atomic mass is 9.74. The van der Waals surface area contributed by atoms with E-state index in [9.17, 15) is 0 Å². The number of aryl methyl sites for hydroxylation is 1. The Kier molecular flexibility index (Phi) is 4.17. The molecular formula is C17H26N2. The second kappa shape index (κ2) is 6.04. The third kappa shape index (κ3) is 2.69. The van der Waals surface area contributed by atoms with E-state index >= 15 is 0 Å². The maximum atomic E-state index is 4.74. The molecule has 0 radical (unpaired) electrons. The van der Waals surface area contributed by atoms with Crippen molar-refractivity contribution < 1.29 is 0 Å². The summed E-state index contributed by atoms with van der Waals surface area (Å²) in [6.07, 6.45) is 10.2. The van der Waals surface area contributed by atoms with Crippen molar-refractivity contribution in [3.8, 4) is 0 Å². The van der Waals surface area contributed by atoms with Crippen LogP contribution >= 0.6 is 0 Å². The van der Waals surface area contributed by atoms with Gasteiger partial charge in [0, 0.05) is 17.8 Å². The van der Waals surface area contributed by atoms with Crippen molar-refractivity contribution in [1.29, 1.82) is 0 Å². The summed E-state index contributed by atoms with van der Waals surface area (Å²) in [7, 11) is 0. The Morgan fingerprint density at radius 2 is 2.21 bits per heavy atom. The van der Waals surface area contributed by atoms with Crippen molar-refractivity contribution in [3.63, 3.8) is 0 Å². The molecule has 0 spiro atoms. The highest BCUT2D eigenvalue weighted by molar-refractivity contribution is 5.27. The highest BCUT2D eigenvalue weighted by Crippen LogP contribution is 2.45. The molecule has 3 unspecified atom stereocenters. The number of aromatic nitrogens is 1. The average Bonchev–Trinajstić information content (AvgIpc) is 2.92. The summed E-state index contributed by atoms with van der Waals surface area (Å²) in [5.41, 5.74) is 2.95. The lowest BCUT2D eigenvalue weighted by molar-refractivity contribution is 0.287. The number of hydrogen-bond acceptors (Lipinski definition) is 2. The van der Waals surface area contributed by atoms with Crippen molar-refractivity contribution in [2.24, 2.45) is 11.8 Å². The fourth-order valence-electron chi connectivity index (χ4n) is 4.24. The smallest absolute Gasteiger partial charge is 0.0469 e. The van der Waals surface area contributed by atoms with Crippen LogP contribution in [0.1, 0.15) is 56.2 Å². The van der Waals surface area contributed by atoms with Gasteiger partial charge in [-0.1, -0.05) is 19.4 Å². The van der Waals surface area contributed by atoms with Gasteiger partial charge in [-0.2, -0.15) is 0 Å². The van der Waals surface area contributed by atoms with Crippen LogP contribution in [0.3, 0.4) is 0 Å². The second-order valence-electron chi connectivity index (χ2n) is 6.21. The minimum absolute atomic E-state index is 0.733. The Labute approximate surface area is 117 Å². The van der Waals surface area contributed by atoms with Crippen LogP contribution in [0.2, 0.25) is 0 Å². The van der Waals surface area contributed by atoms with Crippen molar-refractivity contribution >= 4 is 0 Å². The van der Waals surface area contributed by atoms with Gasteiger partial charge >= 0.3 is 0 Å². The van der Waals surface area contributed by atoms with Gasteiger partial charge in [0.2, 0.25) is 0 Å². The molecule has 0 saturated heterocycles. The van der Waals surface area contributed by atoms with Gasteiger partial charge in [-0.15, -0.1) is 0 Å². The maximum absolute atomic E-state index is 4.74. The molecule has 2 nitrogen and oxygen atoms in total. The minimum atomic E-state index is 0.733. The van der Waals surface area contributed by atoms with Crippen molar-refractivity contribution in [2.75, 3.05) is 13.1 Å². The fraction of sp³-hybridized carbons (Fsp3) is 0.706. The Bertz CT molecular complexity index is 415. The Balaban J connectivity index is 1.78. The molecule has 0 aromatic carbocycles. The summed E-state index contributed by atoms with van der Waals surface area (Å²) in [5, 5.41) is 3.56. The standard InChI is InChI=1S/C17H26N2/c1-2-18-12-14-7-4-9-15(14)16-10-3-6-13-8-5-11-19-17(13)16/h5,8,11,14-16,18H,2-4,6-7,9-10,12H2,1H3. The first kappa shape index (κ1) is 13.1. The molecule has 104 valence electrons. The molecule has 1 aromatic heterocycles. The molecule has 3 rings (SSSR count). The molecule has 3 atom stereocenters. The molecule has 1 aromatic rings. The zero-order valence-electron chi connectivity index (χ0n) is 12.1. The molecule has 0 aliphatic heterocycles. The van der Waals surface area contributed by atoms with Crippen LogP contribution in [-0.2, 0) is 6.42 Å². The van der Waals surface area contributed by atoms with E-state index in [-0.39, 0.29) is 0 Å². The summed E-state index contributed by atoms with van der Waals surface area (Å²) in [6.45, 7) is 4.52. The first-order valence-electron chi connectivity index (χ1n) is 8.04. The van der Waals surface area contributed by atoms with Gasteiger partial charge < -0.3 is 5.32 Å². The van der Waals surface area contributed by atoms with Gasteiger partial charge in [0.05, 0.1) is 0 Å². The molecule has 2 heteroatoms. The lowest BCUT2D eigenvalue weighted by Crippen LogP contribution is -2.29. The lowest BCUT2D eigenvalue weighted by Gasteiger charge is -2.32. The summed E-state index contributed by atoms with van der Waals surface area (Å²) < 4.78 is 0. The largest absolute Gasteiger partial charge is 0.317 e. The zero-order valence-corrected chi connectivity index (χ0v) is 12.1. The van der Waals surface area contributed by atoms with Gasteiger partial charge in [-0.05, 0) is 68.7 Å². The van der Waals surface area contributed by atoms with Crippen LogP contribution in [-0.4, -0.2) is 18.1 Å². The first-order valence-corrected chi connectivity index (χ1v) is 8.04. The summed E-state index contributed by atoms with van der Waals surface area (Å²) in [5.74, 6) is 2.47. The Morgan fingerprint density at radius 1 is 1.26 bits per heavy atom. The van der Waals surface area contributed by atoms with Crippen molar-refractivity contribution in [1.82, 2.24) is 10.3 Å². The predicted octanol–water partition coefficient (Wildman–Crippen LogP) is 3.53. The maximum Gasteiger partial charge on any atom is 0.0469 e. The van der Waals surface area contributed by atoms with E-state index in [0.717, 1.165) is 24.3 Å². The Morgan fingerprint density at radius 3 is 3.11 bits per heavy atom. The summed E-state index contributed by atoms with van der Waals surface area (Å²) >= 11 is 0. The van der Waals surface area contributed by atoms with Gasteiger partial charge in [0.15, 0.2) is 0 Å². The number of fused-ring (bicyclic) bond motifs is 1. The van der Waals surface area contributed by atoms with E-state index in [2.05, 4.69) is 24.4 Å². The molecule has 1 fully saturated rings. The second-order valence-corrected chi connectivity index (χ2v) is 6.21. The predicted molar refractivity (Wildman–Crippen MR) is 79.3 cm³/mol. The van der Waals surface area contributed by atoms with E-state index < -0.39 is 0 Å². The monoisotopic (exact) mass is 258 g/mol. The quantitative estimate of drug-likeness (QED) is 0.893. The average molecular weight is 258 g/mol. The van der Waals surface area contributed by atoms with E-state index in [1.165, 1.54) is 56.3 Å². The number of pyridine rings is 1. The van der Waals surface area contributed by atoms with Crippen LogP contribution < -0.4 is 5.32 Å². The molecule has 2 aliphatic carbocycles. The van der Waals surface area contributed by atoms with Gasteiger partial charge in [-0.25, -0.2) is 0 Å². The molecule has 2 aliphatic rings. The third-order valence-electron chi connectivity index (χ3n) is 5.13. The molecule has 1 heterocycles. The van der Waals surface area contributed by atoms with Crippen molar-refractivity contribution in [3.05, 3.63) is 29.6 Å². The van der Waals surface area contributed by atoms with Gasteiger partial charge in [-0.3, -0.25) is 4.98 Å². The Hall–Kier alpha value is -0.890. The topological polar surface area (TPSA) is 24.9 Å². The number of rotatable bonds is 4. The van der Waals surface area contributed by atoms with E-state index in [1.807, 2.05) is 6.20 Å². The molecule has 19 heavy (non-hydrogen) atoms. The molecule has 0 amide bonds. The summed E-state index contributed by atoms with van der Waals surface area (Å²) in [6, 6.07) is 4.40. The van der Waals surface area contributed by atoms with E-state index in [0.29, 0.717) is 0 Å². The highest BCUT2D eigenvalue weighted by atomic mass is 14.9. The number of nitrogens with zero attached hydrogens (tertiary/aromatic N) is 1. The van der Waals surface area contributed by atoms with E-state index in [4.69, 9.17) is 4.98 Å². The molecule has 1 saturated carbocycles. The number of nitrogens with one attached hydrogen (secondary N) is 1. The van der Waals surface area contributed by atoms with Crippen LogP contribution in [0.25, 0.3) is 0 Å². The van der Waals surface area contributed by atoms with E-state index in [1.54, 1.807) is 0 Å². The van der Waals surface area contributed by atoms with Crippen LogP contribution in [0.4, 0.5) is 0 Å². The van der Waals surface area contributed by atoms with Gasteiger partial charge in [0.25, 0.3) is 0 Å². The zero-order chi connectivity index (χ0) is 13.1. The number of hydrogen-bond donors (Lipinski definition) is 1. The molecular weight excluding hydrogens is 232 g/mol. The van der Waals surface area contributed by atoms with Crippen LogP contribution in [0, 0.1) is 11.8 Å². The van der Waals surface area contributed by atoms with Crippen molar-refractivity contribution in [2.45, 2.75) is 51.4 Å². The normalized spacial score (nSPS) is 30.3. The fourth-order valence-corrected chi connectivity index (χ4v) is 4.24. The van der Waals surface area contributed by atoms with Crippen LogP contribution in [0.15, 0.2) is 18.3 Å². The molecule has 1 N–H and O–H groups in total. The van der Waals surface area contributed by atoms with Gasteiger partial charge in [0.1, 0.15) is 0 Å². The van der Waals surface area contributed by atoms with Crippen LogP contribution in [0.5, 0.6) is 0 Å². The minimum Gasteiger partial charge on any atom is -0.317 e. The summed E-state index contributed by atoms with van der Waals surface area (Å²) in [4.78, 5) is 4.74. The first-order chi connectivity index (χ1) is 9.40.